The predicted molar refractivity (Wildman–Crippen MR) is 64.6 cm³/mol. The third-order valence-corrected chi connectivity index (χ3v) is 3.44. The van der Waals surface area contributed by atoms with Crippen LogP contribution in [0.1, 0.15) is 25.7 Å². The number of nitrogens with one attached hydrogen (secondary N) is 1. The first-order valence-corrected chi connectivity index (χ1v) is 6.71. The van der Waals surface area contributed by atoms with Crippen LogP contribution in [0.5, 0.6) is 0 Å². The van der Waals surface area contributed by atoms with Crippen LogP contribution in [0, 0.1) is 0 Å². The Morgan fingerprint density at radius 1 is 1.29 bits per heavy atom. The van der Waals surface area contributed by atoms with E-state index < -0.39 is 0 Å². The summed E-state index contributed by atoms with van der Waals surface area (Å²) < 4.78 is 5.27. The Bertz CT molecular complexity index is 204. The zero-order valence-electron chi connectivity index (χ0n) is 10.4. The molecule has 2 N–H and O–H groups in total. The second-order valence-electron chi connectivity index (χ2n) is 4.94. The molecule has 0 amide bonds. The molecule has 1 aliphatic heterocycles. The van der Waals surface area contributed by atoms with Crippen LogP contribution in [-0.2, 0) is 9.57 Å². The van der Waals surface area contributed by atoms with Gasteiger partial charge in [-0.2, -0.15) is 5.48 Å². The van der Waals surface area contributed by atoms with Crippen molar-refractivity contribution in [3.8, 4) is 0 Å². The second kappa shape index (κ2) is 7.28. The Kier molecular flexibility index (Phi) is 5.67. The third-order valence-electron chi connectivity index (χ3n) is 3.44. The average molecular weight is 244 g/mol. The fourth-order valence-electron chi connectivity index (χ4n) is 2.41. The summed E-state index contributed by atoms with van der Waals surface area (Å²) in [5, 5.41) is 9.85. The fraction of sp³-hybridized carbons (Fsp3) is 1.00. The van der Waals surface area contributed by atoms with Crippen molar-refractivity contribution in [1.29, 1.82) is 0 Å². The quantitative estimate of drug-likeness (QED) is 0.651. The summed E-state index contributed by atoms with van der Waals surface area (Å²) in [5.74, 6) is 0. The topological polar surface area (TPSA) is 54.0 Å². The molecule has 1 saturated heterocycles. The van der Waals surface area contributed by atoms with Crippen LogP contribution in [0.15, 0.2) is 0 Å². The van der Waals surface area contributed by atoms with Crippen molar-refractivity contribution in [1.82, 2.24) is 10.4 Å². The SMILES string of the molecule is OC(CNOC1CCCC1)CN1CCOCC1. The third kappa shape index (κ3) is 4.89. The Morgan fingerprint density at radius 2 is 2.00 bits per heavy atom. The molecule has 0 aromatic heterocycles. The Balaban J connectivity index is 1.52. The van der Waals surface area contributed by atoms with Gasteiger partial charge in [-0.3, -0.25) is 9.74 Å². The molecule has 0 aromatic carbocycles. The number of ether oxygens (including phenoxy) is 1. The van der Waals surface area contributed by atoms with Crippen molar-refractivity contribution in [2.24, 2.45) is 0 Å². The summed E-state index contributed by atoms with van der Waals surface area (Å²) in [7, 11) is 0. The molecule has 100 valence electrons. The highest BCUT2D eigenvalue weighted by Gasteiger charge is 2.17. The van der Waals surface area contributed by atoms with E-state index in [1.165, 1.54) is 12.8 Å². The van der Waals surface area contributed by atoms with E-state index in [2.05, 4.69) is 10.4 Å². The van der Waals surface area contributed by atoms with Crippen LogP contribution in [0.3, 0.4) is 0 Å². The summed E-state index contributed by atoms with van der Waals surface area (Å²) in [6.45, 7) is 4.59. The minimum atomic E-state index is -0.366. The first-order valence-electron chi connectivity index (χ1n) is 6.71. The molecule has 1 aliphatic carbocycles. The first-order chi connectivity index (χ1) is 8.34. The van der Waals surface area contributed by atoms with Gasteiger partial charge in [0.25, 0.3) is 0 Å². The smallest absolute Gasteiger partial charge is 0.0814 e. The number of nitrogens with zero attached hydrogens (tertiary/aromatic N) is 1. The van der Waals surface area contributed by atoms with Crippen LogP contribution in [0.2, 0.25) is 0 Å². The first kappa shape index (κ1) is 13.2. The molecule has 0 spiro atoms. The molecule has 17 heavy (non-hydrogen) atoms. The highest BCUT2D eigenvalue weighted by Crippen LogP contribution is 2.19. The number of hydrogen-bond donors (Lipinski definition) is 2. The molecule has 1 atom stereocenters. The van der Waals surface area contributed by atoms with Gasteiger partial charge in [0.2, 0.25) is 0 Å². The molecule has 2 aliphatic rings. The van der Waals surface area contributed by atoms with Crippen LogP contribution < -0.4 is 5.48 Å². The van der Waals surface area contributed by atoms with E-state index in [0.717, 1.165) is 39.1 Å². The number of hydrogen-bond acceptors (Lipinski definition) is 5. The van der Waals surface area contributed by atoms with E-state index in [1.807, 2.05) is 0 Å². The Morgan fingerprint density at radius 3 is 2.71 bits per heavy atom. The van der Waals surface area contributed by atoms with Crippen LogP contribution in [0.4, 0.5) is 0 Å². The molecule has 5 nitrogen and oxygen atoms in total. The second-order valence-corrected chi connectivity index (χ2v) is 4.94. The zero-order chi connectivity index (χ0) is 11.9. The number of hydroxylamine groups is 1. The number of β-amino-alcohol motifs (C(OH)–C–C–N with tert-alkyl or cyclic N) is 1. The van der Waals surface area contributed by atoms with E-state index in [1.54, 1.807) is 0 Å². The van der Waals surface area contributed by atoms with E-state index in [0.29, 0.717) is 19.2 Å². The molecule has 5 heteroatoms. The number of rotatable bonds is 6. The zero-order valence-corrected chi connectivity index (χ0v) is 10.4. The van der Waals surface area contributed by atoms with Crippen molar-refractivity contribution >= 4 is 0 Å². The minimum absolute atomic E-state index is 0.352. The van der Waals surface area contributed by atoms with Crippen molar-refractivity contribution in [3.63, 3.8) is 0 Å². The van der Waals surface area contributed by atoms with Crippen molar-refractivity contribution in [2.45, 2.75) is 37.9 Å². The van der Waals surface area contributed by atoms with Gasteiger partial charge in [-0.05, 0) is 12.8 Å². The monoisotopic (exact) mass is 244 g/mol. The average Bonchev–Trinajstić information content (AvgIpc) is 2.83. The van der Waals surface area contributed by atoms with Gasteiger partial charge in [-0.25, -0.2) is 0 Å². The summed E-state index contributed by atoms with van der Waals surface area (Å²) in [6.07, 6.45) is 4.81. The van der Waals surface area contributed by atoms with Crippen LogP contribution >= 0.6 is 0 Å². The lowest BCUT2D eigenvalue weighted by Gasteiger charge is -2.28. The van der Waals surface area contributed by atoms with Gasteiger partial charge in [0, 0.05) is 26.2 Å². The summed E-state index contributed by atoms with van der Waals surface area (Å²) >= 11 is 0. The molecular formula is C12H24N2O3. The summed E-state index contributed by atoms with van der Waals surface area (Å²) in [6, 6.07) is 0. The van der Waals surface area contributed by atoms with E-state index in [4.69, 9.17) is 9.57 Å². The lowest BCUT2D eigenvalue weighted by atomic mass is 10.3. The van der Waals surface area contributed by atoms with Gasteiger partial charge >= 0.3 is 0 Å². The lowest BCUT2D eigenvalue weighted by Crippen LogP contribution is -2.44. The van der Waals surface area contributed by atoms with Gasteiger partial charge in [-0.1, -0.05) is 12.8 Å². The lowest BCUT2D eigenvalue weighted by molar-refractivity contribution is -0.0453. The van der Waals surface area contributed by atoms with E-state index in [-0.39, 0.29) is 6.10 Å². The molecular weight excluding hydrogens is 220 g/mol. The largest absolute Gasteiger partial charge is 0.390 e. The molecule has 0 radical (unpaired) electrons. The van der Waals surface area contributed by atoms with Crippen molar-refractivity contribution < 1.29 is 14.7 Å². The van der Waals surface area contributed by atoms with Gasteiger partial charge in [-0.15, -0.1) is 0 Å². The number of aliphatic hydroxyl groups is 1. The summed E-state index contributed by atoms with van der Waals surface area (Å²) in [4.78, 5) is 7.74. The Hall–Kier alpha value is -0.200. The maximum absolute atomic E-state index is 9.85. The van der Waals surface area contributed by atoms with Crippen molar-refractivity contribution in [2.75, 3.05) is 39.4 Å². The fourth-order valence-corrected chi connectivity index (χ4v) is 2.41. The number of morpholine rings is 1. The van der Waals surface area contributed by atoms with Gasteiger partial charge in [0.15, 0.2) is 0 Å². The number of aliphatic hydroxyl groups excluding tert-OH is 1. The molecule has 2 fully saturated rings. The van der Waals surface area contributed by atoms with Gasteiger partial charge < -0.3 is 9.84 Å². The maximum Gasteiger partial charge on any atom is 0.0814 e. The minimum Gasteiger partial charge on any atom is -0.390 e. The van der Waals surface area contributed by atoms with Crippen LogP contribution in [-0.4, -0.2) is 61.6 Å². The molecule has 0 bridgehead atoms. The summed E-state index contributed by atoms with van der Waals surface area (Å²) in [5.41, 5.74) is 2.91. The molecule has 0 aromatic rings. The van der Waals surface area contributed by atoms with E-state index >= 15 is 0 Å². The standard InChI is InChI=1S/C12H24N2O3/c15-11(10-14-5-7-16-8-6-14)9-13-17-12-3-1-2-4-12/h11-13,15H,1-10H2. The Labute approximate surface area is 103 Å². The van der Waals surface area contributed by atoms with E-state index in [9.17, 15) is 5.11 Å². The molecule has 2 rings (SSSR count). The predicted octanol–water partition coefficient (Wildman–Crippen LogP) is 0.143. The molecule has 1 saturated carbocycles. The maximum atomic E-state index is 9.85. The van der Waals surface area contributed by atoms with Crippen molar-refractivity contribution in [3.05, 3.63) is 0 Å². The van der Waals surface area contributed by atoms with Crippen LogP contribution in [0.25, 0.3) is 0 Å². The highest BCUT2D eigenvalue weighted by molar-refractivity contribution is 4.69. The normalized spacial score (nSPS) is 25.2. The molecule has 1 unspecified atom stereocenters. The molecule has 1 heterocycles. The highest BCUT2D eigenvalue weighted by atomic mass is 16.7. The van der Waals surface area contributed by atoms with Gasteiger partial charge in [0.05, 0.1) is 25.4 Å². The van der Waals surface area contributed by atoms with Gasteiger partial charge in [0.1, 0.15) is 0 Å².